The summed E-state index contributed by atoms with van der Waals surface area (Å²) in [6, 6.07) is 8.80. The summed E-state index contributed by atoms with van der Waals surface area (Å²) in [7, 11) is 0. The predicted molar refractivity (Wildman–Crippen MR) is 90.1 cm³/mol. The second-order valence-electron chi connectivity index (χ2n) is 6.22. The monoisotopic (exact) mass is 290 g/mol. The summed E-state index contributed by atoms with van der Waals surface area (Å²) in [6.07, 6.45) is 3.85. The van der Waals surface area contributed by atoms with Gasteiger partial charge in [0.05, 0.1) is 13.2 Å². The van der Waals surface area contributed by atoms with E-state index in [2.05, 4.69) is 48.3 Å². The second-order valence-corrected chi connectivity index (χ2v) is 6.22. The van der Waals surface area contributed by atoms with Crippen LogP contribution in [-0.2, 0) is 4.74 Å². The first-order valence-electron chi connectivity index (χ1n) is 8.39. The standard InChI is InChI=1S/C18H30N2O/c1-16(2)17-7-6-8-18(15-17)19-9-4-3-5-10-20-11-13-21-14-12-20/h6-8,15-16,19H,3-5,9-14H2,1-2H3. The third-order valence-electron chi connectivity index (χ3n) is 4.14. The van der Waals surface area contributed by atoms with Crippen LogP contribution in [-0.4, -0.2) is 44.3 Å². The van der Waals surface area contributed by atoms with Crippen LogP contribution in [0.2, 0.25) is 0 Å². The van der Waals surface area contributed by atoms with Crippen LogP contribution in [0.15, 0.2) is 24.3 Å². The number of nitrogens with zero attached hydrogens (tertiary/aromatic N) is 1. The van der Waals surface area contributed by atoms with E-state index in [1.807, 2.05) is 0 Å². The number of ether oxygens (including phenoxy) is 1. The molecule has 0 spiro atoms. The molecule has 1 aromatic carbocycles. The van der Waals surface area contributed by atoms with Gasteiger partial charge in [0, 0.05) is 25.3 Å². The molecule has 1 aliphatic heterocycles. The van der Waals surface area contributed by atoms with Gasteiger partial charge < -0.3 is 10.1 Å². The SMILES string of the molecule is CC(C)c1cccc(NCCCCCN2CCOCC2)c1. The van der Waals surface area contributed by atoms with Gasteiger partial charge in [0.1, 0.15) is 0 Å². The molecule has 1 N–H and O–H groups in total. The summed E-state index contributed by atoms with van der Waals surface area (Å²) >= 11 is 0. The van der Waals surface area contributed by atoms with Crippen LogP contribution in [0.3, 0.4) is 0 Å². The smallest absolute Gasteiger partial charge is 0.0594 e. The lowest BCUT2D eigenvalue weighted by molar-refractivity contribution is 0.0372. The molecule has 1 saturated heterocycles. The fourth-order valence-corrected chi connectivity index (χ4v) is 2.70. The van der Waals surface area contributed by atoms with Gasteiger partial charge in [0.25, 0.3) is 0 Å². The highest BCUT2D eigenvalue weighted by Gasteiger charge is 2.08. The Bertz CT molecular complexity index is 400. The fourth-order valence-electron chi connectivity index (χ4n) is 2.70. The maximum absolute atomic E-state index is 5.37. The van der Waals surface area contributed by atoms with Gasteiger partial charge in [-0.1, -0.05) is 32.4 Å². The van der Waals surface area contributed by atoms with E-state index in [9.17, 15) is 0 Å². The molecule has 0 radical (unpaired) electrons. The van der Waals surface area contributed by atoms with Gasteiger partial charge in [0.2, 0.25) is 0 Å². The van der Waals surface area contributed by atoms with E-state index in [1.54, 1.807) is 0 Å². The Morgan fingerprint density at radius 2 is 1.95 bits per heavy atom. The van der Waals surface area contributed by atoms with Crippen LogP contribution in [0.25, 0.3) is 0 Å². The molecule has 1 aliphatic rings. The third-order valence-corrected chi connectivity index (χ3v) is 4.14. The van der Waals surface area contributed by atoms with E-state index in [0.717, 1.165) is 32.8 Å². The highest BCUT2D eigenvalue weighted by molar-refractivity contribution is 5.46. The van der Waals surface area contributed by atoms with Crippen LogP contribution in [0, 0.1) is 0 Å². The van der Waals surface area contributed by atoms with Crippen molar-refractivity contribution in [2.45, 2.75) is 39.0 Å². The molecule has 0 unspecified atom stereocenters. The topological polar surface area (TPSA) is 24.5 Å². The molecule has 0 saturated carbocycles. The number of hydrogen-bond acceptors (Lipinski definition) is 3. The van der Waals surface area contributed by atoms with E-state index < -0.39 is 0 Å². The van der Waals surface area contributed by atoms with E-state index in [-0.39, 0.29) is 0 Å². The van der Waals surface area contributed by atoms with Crippen molar-refractivity contribution in [2.24, 2.45) is 0 Å². The van der Waals surface area contributed by atoms with Crippen molar-refractivity contribution in [1.82, 2.24) is 4.90 Å². The summed E-state index contributed by atoms with van der Waals surface area (Å²) in [5.41, 5.74) is 2.67. The van der Waals surface area contributed by atoms with Crippen LogP contribution in [0.1, 0.15) is 44.6 Å². The van der Waals surface area contributed by atoms with Crippen molar-refractivity contribution < 1.29 is 4.74 Å². The maximum Gasteiger partial charge on any atom is 0.0594 e. The molecule has 0 aromatic heterocycles. The third kappa shape index (κ3) is 6.06. The molecule has 0 bridgehead atoms. The number of morpholine rings is 1. The first-order chi connectivity index (χ1) is 10.3. The molecule has 3 nitrogen and oxygen atoms in total. The van der Waals surface area contributed by atoms with Gasteiger partial charge in [-0.25, -0.2) is 0 Å². The Morgan fingerprint density at radius 3 is 2.71 bits per heavy atom. The molecule has 3 heteroatoms. The van der Waals surface area contributed by atoms with Gasteiger partial charge in [-0.15, -0.1) is 0 Å². The van der Waals surface area contributed by atoms with Crippen molar-refractivity contribution in [2.75, 3.05) is 44.7 Å². The zero-order chi connectivity index (χ0) is 14.9. The summed E-state index contributed by atoms with van der Waals surface area (Å²) in [6.45, 7) is 10.8. The summed E-state index contributed by atoms with van der Waals surface area (Å²) in [4.78, 5) is 2.52. The molecule has 1 heterocycles. The average Bonchev–Trinajstić information content (AvgIpc) is 2.52. The van der Waals surface area contributed by atoms with Gasteiger partial charge in [-0.05, 0) is 43.0 Å². The van der Waals surface area contributed by atoms with E-state index in [1.165, 1.54) is 37.1 Å². The van der Waals surface area contributed by atoms with Crippen molar-refractivity contribution in [3.63, 3.8) is 0 Å². The van der Waals surface area contributed by atoms with Crippen LogP contribution >= 0.6 is 0 Å². The fraction of sp³-hybridized carbons (Fsp3) is 0.667. The zero-order valence-corrected chi connectivity index (χ0v) is 13.6. The summed E-state index contributed by atoms with van der Waals surface area (Å²) < 4.78 is 5.37. The number of anilines is 1. The minimum Gasteiger partial charge on any atom is -0.385 e. The molecular weight excluding hydrogens is 260 g/mol. The largest absolute Gasteiger partial charge is 0.385 e. The predicted octanol–water partition coefficient (Wildman–Crippen LogP) is 3.72. The van der Waals surface area contributed by atoms with Crippen LogP contribution in [0.4, 0.5) is 5.69 Å². The van der Waals surface area contributed by atoms with Crippen LogP contribution in [0.5, 0.6) is 0 Å². The Labute approximate surface area is 129 Å². The average molecular weight is 290 g/mol. The number of rotatable bonds is 8. The maximum atomic E-state index is 5.37. The molecular formula is C18H30N2O. The highest BCUT2D eigenvalue weighted by Crippen LogP contribution is 2.18. The van der Waals surface area contributed by atoms with E-state index >= 15 is 0 Å². The molecule has 1 fully saturated rings. The Hall–Kier alpha value is -1.06. The van der Waals surface area contributed by atoms with Gasteiger partial charge >= 0.3 is 0 Å². The summed E-state index contributed by atoms with van der Waals surface area (Å²) in [5.74, 6) is 0.597. The molecule has 118 valence electrons. The highest BCUT2D eigenvalue weighted by atomic mass is 16.5. The number of hydrogen-bond donors (Lipinski definition) is 1. The Balaban J connectivity index is 1.56. The Morgan fingerprint density at radius 1 is 1.14 bits per heavy atom. The number of nitrogens with one attached hydrogen (secondary N) is 1. The normalized spacial score (nSPS) is 16.3. The van der Waals surface area contributed by atoms with E-state index in [4.69, 9.17) is 4.74 Å². The first-order valence-corrected chi connectivity index (χ1v) is 8.39. The molecule has 2 rings (SSSR count). The lowest BCUT2D eigenvalue weighted by Crippen LogP contribution is -2.36. The van der Waals surface area contributed by atoms with Crippen molar-refractivity contribution >= 4 is 5.69 Å². The minimum atomic E-state index is 0.597. The molecule has 0 atom stereocenters. The molecule has 21 heavy (non-hydrogen) atoms. The first kappa shape index (κ1) is 16.3. The Kier molecular flexibility index (Phi) is 7.04. The van der Waals surface area contributed by atoms with Crippen molar-refractivity contribution in [1.29, 1.82) is 0 Å². The molecule has 0 amide bonds. The van der Waals surface area contributed by atoms with Gasteiger partial charge in [-0.3, -0.25) is 4.90 Å². The molecule has 1 aromatic rings. The quantitative estimate of drug-likeness (QED) is 0.738. The number of unbranched alkanes of at least 4 members (excludes halogenated alkanes) is 2. The van der Waals surface area contributed by atoms with Gasteiger partial charge in [-0.2, -0.15) is 0 Å². The lowest BCUT2D eigenvalue weighted by Gasteiger charge is -2.26. The molecule has 0 aliphatic carbocycles. The van der Waals surface area contributed by atoms with Crippen molar-refractivity contribution in [3.05, 3.63) is 29.8 Å². The lowest BCUT2D eigenvalue weighted by atomic mass is 10.0. The summed E-state index contributed by atoms with van der Waals surface area (Å²) in [5, 5.41) is 3.54. The minimum absolute atomic E-state index is 0.597. The van der Waals surface area contributed by atoms with Crippen molar-refractivity contribution in [3.8, 4) is 0 Å². The van der Waals surface area contributed by atoms with E-state index in [0.29, 0.717) is 5.92 Å². The van der Waals surface area contributed by atoms with Crippen LogP contribution < -0.4 is 5.32 Å². The second kappa shape index (κ2) is 9.06. The zero-order valence-electron chi connectivity index (χ0n) is 13.6. The number of benzene rings is 1. The van der Waals surface area contributed by atoms with Gasteiger partial charge in [0.15, 0.2) is 0 Å².